The van der Waals surface area contributed by atoms with Gasteiger partial charge in [0, 0.05) is 19.0 Å². The van der Waals surface area contributed by atoms with Crippen LogP contribution in [0.4, 0.5) is 4.39 Å². The number of carbonyl (C=O) groups is 1. The van der Waals surface area contributed by atoms with Crippen LogP contribution in [0.1, 0.15) is 23.2 Å². The molecule has 2 aliphatic rings. The minimum absolute atomic E-state index is 0.00575. The molecule has 2 aromatic rings. The SMILES string of the molecule is Cc1noc([C@H]2COC[C@H]3CN(C(=O)Cc4ccccc4F)C[C@H]32)n1. The summed E-state index contributed by atoms with van der Waals surface area (Å²) < 4.78 is 24.8. The number of halogens is 1. The van der Waals surface area contributed by atoms with Gasteiger partial charge >= 0.3 is 0 Å². The Morgan fingerprint density at radius 3 is 2.92 bits per heavy atom. The van der Waals surface area contributed by atoms with Crippen molar-refractivity contribution in [3.63, 3.8) is 0 Å². The average molecular weight is 345 g/mol. The molecule has 4 rings (SSSR count). The van der Waals surface area contributed by atoms with E-state index < -0.39 is 0 Å². The van der Waals surface area contributed by atoms with E-state index in [0.717, 1.165) is 0 Å². The van der Waals surface area contributed by atoms with Crippen molar-refractivity contribution >= 4 is 5.91 Å². The number of hydrogen-bond donors (Lipinski definition) is 0. The zero-order valence-corrected chi connectivity index (χ0v) is 14.0. The molecule has 132 valence electrons. The van der Waals surface area contributed by atoms with Crippen LogP contribution in [0.3, 0.4) is 0 Å². The maximum atomic E-state index is 13.8. The first-order valence-electron chi connectivity index (χ1n) is 8.51. The number of amides is 1. The Bertz CT molecular complexity index is 778. The van der Waals surface area contributed by atoms with Gasteiger partial charge in [0.2, 0.25) is 11.8 Å². The number of ether oxygens (including phenoxy) is 1. The van der Waals surface area contributed by atoms with Gasteiger partial charge in [-0.1, -0.05) is 23.4 Å². The predicted molar refractivity (Wildman–Crippen MR) is 86.3 cm³/mol. The summed E-state index contributed by atoms with van der Waals surface area (Å²) in [4.78, 5) is 18.8. The third-order valence-corrected chi connectivity index (χ3v) is 5.15. The third-order valence-electron chi connectivity index (χ3n) is 5.15. The fraction of sp³-hybridized carbons (Fsp3) is 0.500. The Morgan fingerprint density at radius 2 is 2.16 bits per heavy atom. The van der Waals surface area contributed by atoms with Crippen molar-refractivity contribution in [3.05, 3.63) is 47.4 Å². The van der Waals surface area contributed by atoms with Gasteiger partial charge in [-0.15, -0.1) is 0 Å². The lowest BCUT2D eigenvalue weighted by molar-refractivity contribution is -0.129. The molecular weight excluding hydrogens is 325 g/mol. The smallest absolute Gasteiger partial charge is 0.232 e. The zero-order chi connectivity index (χ0) is 17.4. The third kappa shape index (κ3) is 3.16. The highest BCUT2D eigenvalue weighted by molar-refractivity contribution is 5.79. The molecule has 1 aromatic heterocycles. The molecule has 0 aliphatic carbocycles. The van der Waals surface area contributed by atoms with Crippen LogP contribution in [0.25, 0.3) is 0 Å². The van der Waals surface area contributed by atoms with Gasteiger partial charge in [-0.05, 0) is 24.5 Å². The fourth-order valence-electron chi connectivity index (χ4n) is 3.84. The van der Waals surface area contributed by atoms with Crippen molar-refractivity contribution in [3.8, 4) is 0 Å². The molecule has 25 heavy (non-hydrogen) atoms. The molecule has 0 unspecified atom stereocenters. The second-order valence-corrected chi connectivity index (χ2v) is 6.81. The van der Waals surface area contributed by atoms with E-state index in [-0.39, 0.29) is 35.9 Å². The van der Waals surface area contributed by atoms with Crippen molar-refractivity contribution in [1.82, 2.24) is 15.0 Å². The largest absolute Gasteiger partial charge is 0.380 e. The van der Waals surface area contributed by atoms with Gasteiger partial charge in [0.15, 0.2) is 5.82 Å². The summed E-state index contributed by atoms with van der Waals surface area (Å²) in [5, 5.41) is 3.86. The molecule has 3 atom stereocenters. The van der Waals surface area contributed by atoms with E-state index in [1.165, 1.54) is 6.07 Å². The molecule has 6 nitrogen and oxygen atoms in total. The van der Waals surface area contributed by atoms with E-state index in [4.69, 9.17) is 9.26 Å². The summed E-state index contributed by atoms with van der Waals surface area (Å²) >= 11 is 0. The average Bonchev–Trinajstić information content (AvgIpc) is 3.22. The van der Waals surface area contributed by atoms with E-state index in [9.17, 15) is 9.18 Å². The van der Waals surface area contributed by atoms with Gasteiger partial charge in [0.05, 0.1) is 25.6 Å². The summed E-state index contributed by atoms with van der Waals surface area (Å²) in [6.45, 7) is 4.18. The van der Waals surface area contributed by atoms with E-state index in [1.807, 2.05) is 4.90 Å². The van der Waals surface area contributed by atoms with Crippen molar-refractivity contribution in [1.29, 1.82) is 0 Å². The number of carbonyl (C=O) groups excluding carboxylic acids is 1. The second-order valence-electron chi connectivity index (χ2n) is 6.81. The highest BCUT2D eigenvalue weighted by atomic mass is 19.1. The molecule has 0 saturated carbocycles. The number of fused-ring (bicyclic) bond motifs is 1. The second kappa shape index (κ2) is 6.55. The molecule has 2 saturated heterocycles. The normalized spacial score (nSPS) is 25.8. The van der Waals surface area contributed by atoms with Crippen LogP contribution < -0.4 is 0 Å². The zero-order valence-electron chi connectivity index (χ0n) is 14.0. The Hall–Kier alpha value is -2.28. The van der Waals surface area contributed by atoms with Crippen LogP contribution in [0, 0.1) is 24.6 Å². The highest BCUT2D eigenvalue weighted by Crippen LogP contribution is 2.39. The standard InChI is InChI=1S/C18H20FN3O3/c1-11-20-18(25-21-11)15-10-24-9-13-7-22(8-14(13)15)17(23)6-12-4-2-3-5-16(12)19/h2-5,13-15H,6-10H2,1H3/t13-,14-,15+/m1/s1. The van der Waals surface area contributed by atoms with Crippen molar-refractivity contribution in [2.45, 2.75) is 19.3 Å². The quantitative estimate of drug-likeness (QED) is 0.850. The minimum atomic E-state index is -0.338. The van der Waals surface area contributed by atoms with Gasteiger partial charge in [-0.2, -0.15) is 4.98 Å². The van der Waals surface area contributed by atoms with Crippen molar-refractivity contribution in [2.24, 2.45) is 11.8 Å². The Kier molecular flexibility index (Phi) is 4.25. The van der Waals surface area contributed by atoms with Gasteiger partial charge in [-0.25, -0.2) is 4.39 Å². The molecule has 2 fully saturated rings. The van der Waals surface area contributed by atoms with Crippen molar-refractivity contribution < 1.29 is 18.4 Å². The van der Waals surface area contributed by atoms with E-state index in [1.54, 1.807) is 25.1 Å². The molecule has 2 aliphatic heterocycles. The number of rotatable bonds is 3. The molecule has 0 bridgehead atoms. The monoisotopic (exact) mass is 345 g/mol. The number of nitrogens with zero attached hydrogens (tertiary/aromatic N) is 3. The number of hydrogen-bond acceptors (Lipinski definition) is 5. The molecule has 1 aromatic carbocycles. The van der Waals surface area contributed by atoms with Crippen LogP contribution in [-0.2, 0) is 16.0 Å². The topological polar surface area (TPSA) is 68.5 Å². The lowest BCUT2D eigenvalue weighted by Gasteiger charge is -2.30. The summed E-state index contributed by atoms with van der Waals surface area (Å²) in [6.07, 6.45) is 0.0807. The highest BCUT2D eigenvalue weighted by Gasteiger charge is 2.45. The summed E-state index contributed by atoms with van der Waals surface area (Å²) in [6, 6.07) is 6.41. The lowest BCUT2D eigenvalue weighted by atomic mass is 9.83. The van der Waals surface area contributed by atoms with Crippen LogP contribution in [0.15, 0.2) is 28.8 Å². The first-order chi connectivity index (χ1) is 12.1. The van der Waals surface area contributed by atoms with Gasteiger partial charge < -0.3 is 14.2 Å². The fourth-order valence-corrected chi connectivity index (χ4v) is 3.84. The molecule has 1 amide bonds. The number of benzene rings is 1. The summed E-state index contributed by atoms with van der Waals surface area (Å²) in [7, 11) is 0. The first-order valence-corrected chi connectivity index (χ1v) is 8.51. The summed E-state index contributed by atoms with van der Waals surface area (Å²) in [5.74, 6) is 1.27. The van der Waals surface area contributed by atoms with Crippen LogP contribution in [0.5, 0.6) is 0 Å². The molecule has 0 N–H and O–H groups in total. The van der Waals surface area contributed by atoms with Gasteiger partial charge in [0.1, 0.15) is 5.82 Å². The van der Waals surface area contributed by atoms with E-state index in [2.05, 4.69) is 10.1 Å². The minimum Gasteiger partial charge on any atom is -0.380 e. The summed E-state index contributed by atoms with van der Waals surface area (Å²) in [5.41, 5.74) is 0.433. The molecule has 0 spiro atoms. The Labute approximate surface area is 145 Å². The molecule has 3 heterocycles. The van der Waals surface area contributed by atoms with E-state index in [0.29, 0.717) is 43.6 Å². The predicted octanol–water partition coefficient (Wildman–Crippen LogP) is 1.95. The van der Waals surface area contributed by atoms with Crippen LogP contribution in [0.2, 0.25) is 0 Å². The van der Waals surface area contributed by atoms with Crippen LogP contribution in [-0.4, -0.2) is 47.3 Å². The Balaban J connectivity index is 1.47. The van der Waals surface area contributed by atoms with Crippen molar-refractivity contribution in [2.75, 3.05) is 26.3 Å². The maximum absolute atomic E-state index is 13.8. The number of aryl methyl sites for hydroxylation is 1. The van der Waals surface area contributed by atoms with Gasteiger partial charge in [0.25, 0.3) is 0 Å². The Morgan fingerprint density at radius 1 is 1.32 bits per heavy atom. The molecular formula is C18H20FN3O3. The van der Waals surface area contributed by atoms with Gasteiger partial charge in [-0.3, -0.25) is 4.79 Å². The molecule has 7 heteroatoms. The number of aromatic nitrogens is 2. The first kappa shape index (κ1) is 16.2. The lowest BCUT2D eigenvalue weighted by Crippen LogP contribution is -2.33. The molecule has 0 radical (unpaired) electrons. The van der Waals surface area contributed by atoms with E-state index >= 15 is 0 Å². The maximum Gasteiger partial charge on any atom is 0.232 e. The van der Waals surface area contributed by atoms with Crippen LogP contribution >= 0.6 is 0 Å². The number of likely N-dealkylation sites (tertiary alicyclic amines) is 1.